The summed E-state index contributed by atoms with van der Waals surface area (Å²) >= 11 is 0. The van der Waals surface area contributed by atoms with Gasteiger partial charge in [0.2, 0.25) is 0 Å². The van der Waals surface area contributed by atoms with Gasteiger partial charge in [-0.3, -0.25) is 9.78 Å². The lowest BCUT2D eigenvalue weighted by Crippen LogP contribution is -1.98. The first kappa shape index (κ1) is 8.97. The van der Waals surface area contributed by atoms with Gasteiger partial charge in [0.1, 0.15) is 0 Å². The molecule has 0 bridgehead atoms. The highest BCUT2D eigenvalue weighted by Gasteiger charge is 2.00. The van der Waals surface area contributed by atoms with E-state index in [1.54, 1.807) is 6.20 Å². The third-order valence-corrected chi connectivity index (χ3v) is 2.51. The summed E-state index contributed by atoms with van der Waals surface area (Å²) in [6, 6.07) is 12.7. The molecule has 0 saturated heterocycles. The predicted molar refractivity (Wildman–Crippen MR) is 63.3 cm³/mol. The molecule has 0 spiro atoms. The number of rotatable bonds is 0. The SMILES string of the molecule is O=c1cc2cccnc2c2ccccc2n1. The Morgan fingerprint density at radius 1 is 1.00 bits per heavy atom. The monoisotopic (exact) mass is 208 g/mol. The van der Waals surface area contributed by atoms with Gasteiger partial charge in [0.25, 0.3) is 5.56 Å². The van der Waals surface area contributed by atoms with Crippen molar-refractivity contribution in [2.75, 3.05) is 0 Å². The van der Waals surface area contributed by atoms with Crippen molar-refractivity contribution in [3.63, 3.8) is 0 Å². The molecule has 0 aliphatic rings. The van der Waals surface area contributed by atoms with Crippen LogP contribution in [-0.4, -0.2) is 9.97 Å². The van der Waals surface area contributed by atoms with Crippen molar-refractivity contribution in [1.29, 1.82) is 0 Å². The Hall–Kier alpha value is -2.29. The molecule has 1 aromatic carbocycles. The zero-order valence-electron chi connectivity index (χ0n) is 8.42. The maximum atomic E-state index is 11.6. The van der Waals surface area contributed by atoms with Crippen LogP contribution in [0, 0.1) is 0 Å². The highest BCUT2D eigenvalue weighted by molar-refractivity contribution is 6.01. The molecule has 0 aliphatic heterocycles. The van der Waals surface area contributed by atoms with Crippen molar-refractivity contribution in [1.82, 2.24) is 9.97 Å². The first-order valence-electron chi connectivity index (χ1n) is 4.99. The minimum atomic E-state index is -0.237. The van der Waals surface area contributed by atoms with E-state index in [9.17, 15) is 4.79 Å². The van der Waals surface area contributed by atoms with Crippen molar-refractivity contribution in [3.8, 4) is 0 Å². The highest BCUT2D eigenvalue weighted by atomic mass is 16.1. The van der Waals surface area contributed by atoms with Gasteiger partial charge in [0.05, 0.1) is 11.0 Å². The first-order valence-corrected chi connectivity index (χ1v) is 4.99. The van der Waals surface area contributed by atoms with E-state index in [1.807, 2.05) is 36.4 Å². The molecule has 2 aromatic heterocycles. The Kier molecular flexibility index (Phi) is 1.90. The fraction of sp³-hybridized carbons (Fsp3) is 0. The zero-order chi connectivity index (χ0) is 11.0. The van der Waals surface area contributed by atoms with Gasteiger partial charge in [-0.2, -0.15) is 0 Å². The summed E-state index contributed by atoms with van der Waals surface area (Å²) in [5, 5.41) is 1.72. The van der Waals surface area contributed by atoms with Gasteiger partial charge in [-0.1, -0.05) is 24.3 Å². The van der Waals surface area contributed by atoms with Gasteiger partial charge >= 0.3 is 0 Å². The summed E-state index contributed by atoms with van der Waals surface area (Å²) < 4.78 is 0. The second-order valence-corrected chi connectivity index (χ2v) is 3.55. The molecule has 3 rings (SSSR count). The second kappa shape index (κ2) is 3.38. The number of hydrogen-bond acceptors (Lipinski definition) is 3. The highest BCUT2D eigenvalue weighted by Crippen LogP contribution is 2.17. The van der Waals surface area contributed by atoms with Crippen LogP contribution in [0.3, 0.4) is 0 Å². The number of aromatic nitrogens is 2. The normalized spacial score (nSPS) is 10.8. The van der Waals surface area contributed by atoms with Crippen LogP contribution in [0.15, 0.2) is 53.5 Å². The third-order valence-electron chi connectivity index (χ3n) is 2.51. The van der Waals surface area contributed by atoms with Crippen LogP contribution in [0.2, 0.25) is 0 Å². The fourth-order valence-electron chi connectivity index (χ4n) is 1.81. The van der Waals surface area contributed by atoms with Gasteiger partial charge < -0.3 is 0 Å². The summed E-state index contributed by atoms with van der Waals surface area (Å²) in [6.45, 7) is 0. The Balaban J connectivity index is 2.72. The molecule has 3 nitrogen and oxygen atoms in total. The summed E-state index contributed by atoms with van der Waals surface area (Å²) in [7, 11) is 0. The van der Waals surface area contributed by atoms with E-state index < -0.39 is 0 Å². The average Bonchev–Trinajstić information content (AvgIpc) is 2.44. The molecule has 16 heavy (non-hydrogen) atoms. The summed E-state index contributed by atoms with van der Waals surface area (Å²) in [5.41, 5.74) is 1.26. The summed E-state index contributed by atoms with van der Waals surface area (Å²) in [6.07, 6.45) is 1.72. The Morgan fingerprint density at radius 2 is 1.88 bits per heavy atom. The Labute approximate surface area is 91.4 Å². The van der Waals surface area contributed by atoms with Crippen molar-refractivity contribution < 1.29 is 0 Å². The molecule has 0 fully saturated rings. The van der Waals surface area contributed by atoms with Gasteiger partial charge in [-0.25, -0.2) is 4.98 Å². The van der Waals surface area contributed by atoms with Crippen molar-refractivity contribution in [2.45, 2.75) is 0 Å². The number of benzene rings is 1. The minimum Gasteiger partial charge on any atom is -0.267 e. The number of hydrogen-bond donors (Lipinski definition) is 0. The molecule has 0 radical (unpaired) electrons. The van der Waals surface area contributed by atoms with Crippen LogP contribution in [0.1, 0.15) is 0 Å². The molecule has 3 heteroatoms. The second-order valence-electron chi connectivity index (χ2n) is 3.55. The smallest absolute Gasteiger partial charge is 0.267 e. The van der Waals surface area contributed by atoms with Crippen LogP contribution >= 0.6 is 0 Å². The molecule has 0 N–H and O–H groups in total. The molecule has 3 aromatic rings. The van der Waals surface area contributed by atoms with Crippen molar-refractivity contribution in [2.24, 2.45) is 0 Å². The average molecular weight is 208 g/mol. The molecule has 0 unspecified atom stereocenters. The number of nitrogens with zero attached hydrogens (tertiary/aromatic N) is 2. The molecule has 0 atom stereocenters. The molecule has 0 aliphatic carbocycles. The Morgan fingerprint density at radius 3 is 2.81 bits per heavy atom. The van der Waals surface area contributed by atoms with Crippen LogP contribution in [0.4, 0.5) is 0 Å². The zero-order valence-corrected chi connectivity index (χ0v) is 8.42. The van der Waals surface area contributed by atoms with Crippen molar-refractivity contribution in [3.05, 3.63) is 59.0 Å². The maximum Gasteiger partial charge on any atom is 0.270 e. The van der Waals surface area contributed by atoms with E-state index in [1.165, 1.54) is 6.07 Å². The molecule has 2 heterocycles. The standard InChI is InChI=1S/C13H8N2O/c16-12-8-9-4-3-7-14-13(9)10-5-1-2-6-11(10)15-12/h1-8H. The lowest BCUT2D eigenvalue weighted by atomic mass is 10.2. The van der Waals surface area contributed by atoms with E-state index in [4.69, 9.17) is 0 Å². The first-order chi connectivity index (χ1) is 7.84. The third kappa shape index (κ3) is 1.34. The lowest BCUT2D eigenvalue weighted by molar-refractivity contribution is 1.33. The molecular formula is C13H8N2O. The largest absolute Gasteiger partial charge is 0.270 e. The van der Waals surface area contributed by atoms with Gasteiger partial charge in [0, 0.05) is 23.0 Å². The predicted octanol–water partition coefficient (Wildman–Crippen LogP) is 2.14. The fourth-order valence-corrected chi connectivity index (χ4v) is 1.81. The molecule has 0 amide bonds. The van der Waals surface area contributed by atoms with Gasteiger partial charge in [0.15, 0.2) is 0 Å². The maximum absolute atomic E-state index is 11.6. The van der Waals surface area contributed by atoms with Crippen LogP contribution in [0.25, 0.3) is 21.8 Å². The lowest BCUT2D eigenvalue weighted by Gasteiger charge is -1.94. The Bertz CT molecular complexity index is 676. The van der Waals surface area contributed by atoms with E-state index >= 15 is 0 Å². The summed E-state index contributed by atoms with van der Waals surface area (Å²) in [4.78, 5) is 19.9. The van der Waals surface area contributed by atoms with Gasteiger partial charge in [-0.15, -0.1) is 0 Å². The van der Waals surface area contributed by atoms with E-state index in [-0.39, 0.29) is 5.56 Å². The quantitative estimate of drug-likeness (QED) is 0.568. The van der Waals surface area contributed by atoms with E-state index in [0.29, 0.717) is 5.52 Å². The molecule has 0 saturated carbocycles. The minimum absolute atomic E-state index is 0.237. The number of fused-ring (bicyclic) bond motifs is 3. The van der Waals surface area contributed by atoms with Crippen LogP contribution < -0.4 is 5.56 Å². The number of pyridine rings is 1. The van der Waals surface area contributed by atoms with E-state index in [0.717, 1.165) is 16.3 Å². The molecular weight excluding hydrogens is 200 g/mol. The van der Waals surface area contributed by atoms with E-state index in [2.05, 4.69) is 9.97 Å². The van der Waals surface area contributed by atoms with Crippen LogP contribution in [0.5, 0.6) is 0 Å². The molecule has 76 valence electrons. The van der Waals surface area contributed by atoms with Crippen molar-refractivity contribution >= 4 is 21.8 Å². The summed E-state index contributed by atoms with van der Waals surface area (Å²) in [5.74, 6) is 0. The van der Waals surface area contributed by atoms with Crippen LogP contribution in [-0.2, 0) is 0 Å². The topological polar surface area (TPSA) is 42.9 Å². The number of para-hydroxylation sites is 1. The van der Waals surface area contributed by atoms with Gasteiger partial charge in [-0.05, 0) is 12.1 Å².